The molecule has 0 aliphatic carbocycles. The summed E-state index contributed by atoms with van der Waals surface area (Å²) in [6.07, 6.45) is 2.63. The number of rotatable bonds is 2. The molecule has 1 aliphatic heterocycles. The van der Waals surface area contributed by atoms with Gasteiger partial charge in [-0.1, -0.05) is 0 Å². The molecule has 7 heteroatoms. The van der Waals surface area contributed by atoms with Crippen LogP contribution < -0.4 is 5.56 Å². The Labute approximate surface area is 125 Å². The van der Waals surface area contributed by atoms with Gasteiger partial charge in [0.05, 0.1) is 12.7 Å². The number of fused-ring (bicyclic) bond motifs is 2. The monoisotopic (exact) mass is 301 g/mol. The minimum atomic E-state index is -0.115. The van der Waals surface area contributed by atoms with E-state index in [1.807, 2.05) is 11.3 Å². The van der Waals surface area contributed by atoms with Crippen LogP contribution in [0.5, 0.6) is 0 Å². The van der Waals surface area contributed by atoms with Crippen molar-refractivity contribution in [3.05, 3.63) is 44.3 Å². The van der Waals surface area contributed by atoms with Crippen LogP contribution >= 0.6 is 11.3 Å². The lowest BCUT2D eigenvalue weighted by molar-refractivity contribution is 0.241. The third-order valence-electron chi connectivity index (χ3n) is 3.91. The van der Waals surface area contributed by atoms with E-state index in [4.69, 9.17) is 0 Å². The summed E-state index contributed by atoms with van der Waals surface area (Å²) < 4.78 is 1.64. The van der Waals surface area contributed by atoms with E-state index in [2.05, 4.69) is 31.4 Å². The van der Waals surface area contributed by atoms with Crippen LogP contribution in [0, 0.1) is 0 Å². The third kappa shape index (κ3) is 2.18. The molecule has 0 amide bonds. The van der Waals surface area contributed by atoms with Gasteiger partial charge in [0, 0.05) is 25.0 Å². The Morgan fingerprint density at radius 1 is 1.48 bits per heavy atom. The maximum atomic E-state index is 12.0. The summed E-state index contributed by atoms with van der Waals surface area (Å²) >= 11 is 1.83. The summed E-state index contributed by atoms with van der Waals surface area (Å²) in [6.45, 7) is 2.58. The molecule has 0 aromatic carbocycles. The molecule has 0 spiro atoms. The fourth-order valence-electron chi connectivity index (χ4n) is 2.81. The Kier molecular flexibility index (Phi) is 2.90. The summed E-state index contributed by atoms with van der Waals surface area (Å²) in [5, 5.41) is 6.78. The fraction of sp³-hybridized carbons (Fsp3) is 0.357. The Balaban J connectivity index is 1.63. The van der Waals surface area contributed by atoms with Crippen LogP contribution in [0.4, 0.5) is 0 Å². The molecule has 4 heterocycles. The maximum Gasteiger partial charge on any atom is 0.262 e. The number of H-pyrrole nitrogens is 1. The van der Waals surface area contributed by atoms with E-state index in [0.717, 1.165) is 19.5 Å². The SMILES string of the molecule is Cn1ncc2c(=O)[nH]c(CN3CCc4sccc4C3)nc21. The van der Waals surface area contributed by atoms with Gasteiger partial charge in [0.2, 0.25) is 0 Å². The van der Waals surface area contributed by atoms with Crippen molar-refractivity contribution in [3.8, 4) is 0 Å². The summed E-state index contributed by atoms with van der Waals surface area (Å²) in [5.41, 5.74) is 1.92. The van der Waals surface area contributed by atoms with Crippen molar-refractivity contribution in [1.29, 1.82) is 0 Å². The highest BCUT2D eigenvalue weighted by atomic mass is 32.1. The number of aromatic nitrogens is 4. The first-order valence-corrected chi connectivity index (χ1v) is 7.77. The zero-order valence-corrected chi connectivity index (χ0v) is 12.5. The van der Waals surface area contributed by atoms with E-state index in [0.29, 0.717) is 23.4 Å². The average molecular weight is 301 g/mol. The number of thiophene rings is 1. The van der Waals surface area contributed by atoms with Gasteiger partial charge in [-0.3, -0.25) is 14.4 Å². The molecule has 1 N–H and O–H groups in total. The predicted molar refractivity (Wildman–Crippen MR) is 81.3 cm³/mol. The topological polar surface area (TPSA) is 66.8 Å². The number of hydrogen-bond acceptors (Lipinski definition) is 5. The van der Waals surface area contributed by atoms with E-state index in [-0.39, 0.29) is 5.56 Å². The van der Waals surface area contributed by atoms with E-state index < -0.39 is 0 Å². The van der Waals surface area contributed by atoms with Crippen LogP contribution in [0.1, 0.15) is 16.3 Å². The second kappa shape index (κ2) is 4.78. The van der Waals surface area contributed by atoms with Crippen LogP contribution in [0.2, 0.25) is 0 Å². The van der Waals surface area contributed by atoms with E-state index in [1.165, 1.54) is 10.4 Å². The van der Waals surface area contributed by atoms with E-state index >= 15 is 0 Å². The molecule has 21 heavy (non-hydrogen) atoms. The molecule has 0 unspecified atom stereocenters. The summed E-state index contributed by atoms with van der Waals surface area (Å²) in [7, 11) is 1.80. The normalized spacial score (nSPS) is 15.5. The van der Waals surface area contributed by atoms with Gasteiger partial charge in [0.25, 0.3) is 5.56 Å². The van der Waals surface area contributed by atoms with Gasteiger partial charge < -0.3 is 4.98 Å². The first-order chi connectivity index (χ1) is 10.2. The molecule has 3 aromatic rings. The molecular formula is C14H15N5OS. The number of aryl methyl sites for hydroxylation is 1. The van der Waals surface area contributed by atoms with Crippen molar-refractivity contribution >= 4 is 22.4 Å². The quantitative estimate of drug-likeness (QED) is 0.774. The Bertz CT molecular complexity index is 862. The van der Waals surface area contributed by atoms with Crippen molar-refractivity contribution in [3.63, 3.8) is 0 Å². The lowest BCUT2D eigenvalue weighted by Crippen LogP contribution is -2.30. The zero-order chi connectivity index (χ0) is 14.4. The summed E-state index contributed by atoms with van der Waals surface area (Å²) in [6, 6.07) is 2.19. The second-order valence-electron chi connectivity index (χ2n) is 5.35. The van der Waals surface area contributed by atoms with Crippen LogP contribution in [-0.2, 0) is 26.6 Å². The predicted octanol–water partition coefficient (Wildman–Crippen LogP) is 1.28. The van der Waals surface area contributed by atoms with Crippen LogP contribution in [0.3, 0.4) is 0 Å². The molecule has 0 saturated carbocycles. The van der Waals surface area contributed by atoms with Gasteiger partial charge in [0.15, 0.2) is 5.65 Å². The Hall–Kier alpha value is -1.99. The number of aromatic amines is 1. The molecule has 0 atom stereocenters. The van der Waals surface area contributed by atoms with Crippen molar-refractivity contribution in [1.82, 2.24) is 24.6 Å². The van der Waals surface area contributed by atoms with E-state index in [9.17, 15) is 4.79 Å². The van der Waals surface area contributed by atoms with Crippen LogP contribution in [0.15, 0.2) is 22.4 Å². The molecule has 0 fully saturated rings. The van der Waals surface area contributed by atoms with Gasteiger partial charge in [-0.25, -0.2) is 4.98 Å². The first-order valence-electron chi connectivity index (χ1n) is 6.89. The second-order valence-corrected chi connectivity index (χ2v) is 6.35. The van der Waals surface area contributed by atoms with Gasteiger partial charge in [-0.15, -0.1) is 11.3 Å². The first kappa shape index (κ1) is 12.7. The number of hydrogen-bond donors (Lipinski definition) is 1. The highest BCUT2D eigenvalue weighted by Gasteiger charge is 2.18. The summed E-state index contributed by atoms with van der Waals surface area (Å²) in [5.74, 6) is 0.703. The Morgan fingerprint density at radius 3 is 3.29 bits per heavy atom. The standard InChI is InChI=1S/C14H15N5OS/c1-18-13-10(6-15-18)14(20)17-12(16-13)8-19-4-2-11-9(7-19)3-5-21-11/h3,5-6H,2,4,7-8H2,1H3,(H,16,17,20). The molecule has 0 bridgehead atoms. The highest BCUT2D eigenvalue weighted by Crippen LogP contribution is 2.24. The van der Waals surface area contributed by atoms with Crippen molar-refractivity contribution in [2.45, 2.75) is 19.5 Å². The van der Waals surface area contributed by atoms with Gasteiger partial charge in [0.1, 0.15) is 11.2 Å². The van der Waals surface area contributed by atoms with Crippen molar-refractivity contribution < 1.29 is 0 Å². The number of nitrogens with one attached hydrogen (secondary N) is 1. The molecular weight excluding hydrogens is 286 g/mol. The molecule has 108 valence electrons. The van der Waals surface area contributed by atoms with Crippen LogP contribution in [-0.4, -0.2) is 31.2 Å². The minimum Gasteiger partial charge on any atom is -0.309 e. The third-order valence-corrected chi connectivity index (χ3v) is 4.93. The van der Waals surface area contributed by atoms with Gasteiger partial charge in [-0.2, -0.15) is 5.10 Å². The van der Waals surface area contributed by atoms with Gasteiger partial charge in [-0.05, 0) is 23.4 Å². The lowest BCUT2D eigenvalue weighted by Gasteiger charge is -2.26. The average Bonchev–Trinajstić information content (AvgIpc) is 3.06. The molecule has 1 aliphatic rings. The summed E-state index contributed by atoms with van der Waals surface area (Å²) in [4.78, 5) is 23.3. The molecule has 4 rings (SSSR count). The smallest absolute Gasteiger partial charge is 0.262 e. The lowest BCUT2D eigenvalue weighted by atomic mass is 10.1. The molecule has 6 nitrogen and oxygen atoms in total. The maximum absolute atomic E-state index is 12.0. The van der Waals surface area contributed by atoms with Crippen molar-refractivity contribution in [2.75, 3.05) is 6.54 Å². The largest absolute Gasteiger partial charge is 0.309 e. The van der Waals surface area contributed by atoms with E-state index in [1.54, 1.807) is 17.9 Å². The van der Waals surface area contributed by atoms with Gasteiger partial charge >= 0.3 is 0 Å². The fourth-order valence-corrected chi connectivity index (χ4v) is 3.70. The van der Waals surface area contributed by atoms with Crippen molar-refractivity contribution in [2.24, 2.45) is 7.05 Å². The van der Waals surface area contributed by atoms with Crippen LogP contribution in [0.25, 0.3) is 11.0 Å². The highest BCUT2D eigenvalue weighted by molar-refractivity contribution is 7.10. The Morgan fingerprint density at radius 2 is 2.38 bits per heavy atom. The zero-order valence-electron chi connectivity index (χ0n) is 11.7. The number of nitrogens with zero attached hydrogens (tertiary/aromatic N) is 4. The molecule has 0 saturated heterocycles. The molecule has 3 aromatic heterocycles. The molecule has 0 radical (unpaired) electrons. The minimum absolute atomic E-state index is 0.115.